The fourth-order valence-corrected chi connectivity index (χ4v) is 3.89. The third-order valence-electron chi connectivity index (χ3n) is 5.72. The molecule has 0 aromatic carbocycles. The van der Waals surface area contributed by atoms with Crippen molar-refractivity contribution in [3.05, 3.63) is 12.2 Å². The monoisotopic (exact) mass is 426 g/mol. The van der Waals surface area contributed by atoms with Gasteiger partial charge in [0.1, 0.15) is 6.10 Å². The van der Waals surface area contributed by atoms with E-state index in [0.29, 0.717) is 26.4 Å². The Morgan fingerprint density at radius 2 is 1.53 bits per heavy atom. The summed E-state index contributed by atoms with van der Waals surface area (Å²) in [6, 6.07) is 0. The van der Waals surface area contributed by atoms with Crippen LogP contribution >= 0.6 is 0 Å². The summed E-state index contributed by atoms with van der Waals surface area (Å²) in [4.78, 5) is 0. The molecular formula is C26H50O4. The number of hydrogen-bond donors (Lipinski definition) is 0. The quantitative estimate of drug-likeness (QED) is 0.152. The molecular weight excluding hydrogens is 376 g/mol. The molecule has 0 aliphatic carbocycles. The molecule has 1 rings (SSSR count). The van der Waals surface area contributed by atoms with Crippen molar-refractivity contribution in [1.29, 1.82) is 0 Å². The van der Waals surface area contributed by atoms with Crippen LogP contribution in [0.15, 0.2) is 12.2 Å². The summed E-state index contributed by atoms with van der Waals surface area (Å²) >= 11 is 0. The zero-order valence-corrected chi connectivity index (χ0v) is 20.5. The van der Waals surface area contributed by atoms with Crippen LogP contribution in [0.4, 0.5) is 0 Å². The van der Waals surface area contributed by atoms with Gasteiger partial charge in [0.05, 0.1) is 32.5 Å². The molecule has 178 valence electrons. The van der Waals surface area contributed by atoms with Gasteiger partial charge >= 0.3 is 0 Å². The maximum Gasteiger partial charge on any atom is 0.163 e. The van der Waals surface area contributed by atoms with Gasteiger partial charge in [0.15, 0.2) is 5.79 Å². The molecule has 0 amide bonds. The molecule has 1 aliphatic heterocycles. The highest BCUT2D eigenvalue weighted by Crippen LogP contribution is 2.22. The van der Waals surface area contributed by atoms with Crippen LogP contribution in [0.2, 0.25) is 0 Å². The highest BCUT2D eigenvalue weighted by Gasteiger charge is 2.32. The van der Waals surface area contributed by atoms with Crippen LogP contribution in [-0.2, 0) is 18.9 Å². The first-order chi connectivity index (χ1) is 14.6. The van der Waals surface area contributed by atoms with Crippen LogP contribution in [0.5, 0.6) is 0 Å². The third-order valence-corrected chi connectivity index (χ3v) is 5.72. The number of rotatable bonds is 20. The van der Waals surface area contributed by atoms with Crippen molar-refractivity contribution in [2.45, 2.75) is 129 Å². The van der Waals surface area contributed by atoms with Crippen molar-refractivity contribution < 1.29 is 18.9 Å². The number of hydrogen-bond acceptors (Lipinski definition) is 4. The summed E-state index contributed by atoms with van der Waals surface area (Å²) in [5, 5.41) is 0. The molecule has 30 heavy (non-hydrogen) atoms. The van der Waals surface area contributed by atoms with Crippen molar-refractivity contribution in [2.24, 2.45) is 0 Å². The molecule has 4 nitrogen and oxygen atoms in total. The topological polar surface area (TPSA) is 36.9 Å². The van der Waals surface area contributed by atoms with Gasteiger partial charge in [0.25, 0.3) is 0 Å². The summed E-state index contributed by atoms with van der Waals surface area (Å²) in [5.41, 5.74) is 0. The SMILES string of the molecule is C/C=C/COC(CCCCCCCCCCCCCC)COCC1COC(C)(C)O1. The van der Waals surface area contributed by atoms with E-state index in [1.165, 1.54) is 77.0 Å². The Balaban J connectivity index is 2.04. The summed E-state index contributed by atoms with van der Waals surface area (Å²) in [5.74, 6) is -0.481. The number of allylic oxidation sites excluding steroid dienone is 1. The average Bonchev–Trinajstić information content (AvgIpc) is 3.07. The predicted molar refractivity (Wildman–Crippen MR) is 126 cm³/mol. The van der Waals surface area contributed by atoms with Gasteiger partial charge in [0.2, 0.25) is 0 Å². The Kier molecular flexibility index (Phi) is 16.7. The maximum absolute atomic E-state index is 6.00. The first kappa shape index (κ1) is 27.6. The minimum Gasteiger partial charge on any atom is -0.376 e. The van der Waals surface area contributed by atoms with Gasteiger partial charge < -0.3 is 18.9 Å². The van der Waals surface area contributed by atoms with Gasteiger partial charge in [-0.1, -0.05) is 96.1 Å². The van der Waals surface area contributed by atoms with Gasteiger partial charge in [-0.25, -0.2) is 0 Å². The van der Waals surface area contributed by atoms with Crippen LogP contribution < -0.4 is 0 Å². The molecule has 0 radical (unpaired) electrons. The molecule has 0 bridgehead atoms. The third kappa shape index (κ3) is 15.4. The van der Waals surface area contributed by atoms with E-state index in [1.54, 1.807) is 0 Å². The standard InChI is InChI=1S/C26H50O4/c1-5-7-9-10-11-12-13-14-15-16-17-18-19-24(28-20-8-6-2)21-27-22-25-23-29-26(3,4)30-25/h6,8,24-25H,5,7,9-23H2,1-4H3/b8-6+. The average molecular weight is 427 g/mol. The predicted octanol–water partition coefficient (Wildman–Crippen LogP) is 7.21. The molecule has 4 heteroatoms. The van der Waals surface area contributed by atoms with Crippen molar-refractivity contribution in [2.75, 3.05) is 26.4 Å². The van der Waals surface area contributed by atoms with E-state index in [2.05, 4.69) is 13.0 Å². The van der Waals surface area contributed by atoms with E-state index in [4.69, 9.17) is 18.9 Å². The lowest BCUT2D eigenvalue weighted by molar-refractivity contribution is -0.146. The molecule has 0 N–H and O–H groups in total. The lowest BCUT2D eigenvalue weighted by Gasteiger charge is -2.20. The zero-order chi connectivity index (χ0) is 21.9. The van der Waals surface area contributed by atoms with Gasteiger partial charge in [-0.3, -0.25) is 0 Å². The smallest absolute Gasteiger partial charge is 0.163 e. The molecule has 1 fully saturated rings. The molecule has 1 saturated heterocycles. The largest absolute Gasteiger partial charge is 0.376 e. The first-order valence-corrected chi connectivity index (χ1v) is 12.7. The van der Waals surface area contributed by atoms with Crippen LogP contribution in [0.3, 0.4) is 0 Å². The van der Waals surface area contributed by atoms with Gasteiger partial charge in [0, 0.05) is 0 Å². The Morgan fingerprint density at radius 3 is 2.07 bits per heavy atom. The maximum atomic E-state index is 6.00. The fourth-order valence-electron chi connectivity index (χ4n) is 3.89. The summed E-state index contributed by atoms with van der Waals surface area (Å²) in [6.07, 6.45) is 21.9. The zero-order valence-electron chi connectivity index (χ0n) is 20.5. The second-order valence-corrected chi connectivity index (χ2v) is 9.19. The van der Waals surface area contributed by atoms with E-state index in [-0.39, 0.29) is 12.2 Å². The Morgan fingerprint density at radius 1 is 0.933 bits per heavy atom. The van der Waals surface area contributed by atoms with Crippen molar-refractivity contribution in [3.8, 4) is 0 Å². The van der Waals surface area contributed by atoms with Crippen molar-refractivity contribution in [1.82, 2.24) is 0 Å². The Bertz CT molecular complexity index is 408. The van der Waals surface area contributed by atoms with Gasteiger partial charge in [-0.05, 0) is 27.2 Å². The molecule has 1 aliphatic rings. The van der Waals surface area contributed by atoms with E-state index in [1.807, 2.05) is 26.8 Å². The van der Waals surface area contributed by atoms with E-state index < -0.39 is 5.79 Å². The molecule has 0 spiro atoms. The van der Waals surface area contributed by atoms with Crippen LogP contribution in [0.25, 0.3) is 0 Å². The molecule has 0 saturated carbocycles. The summed E-state index contributed by atoms with van der Waals surface area (Å²) in [7, 11) is 0. The van der Waals surface area contributed by atoms with Crippen molar-refractivity contribution >= 4 is 0 Å². The molecule has 2 atom stereocenters. The molecule has 0 aromatic rings. The van der Waals surface area contributed by atoms with E-state index in [0.717, 1.165) is 6.42 Å². The van der Waals surface area contributed by atoms with Crippen LogP contribution in [0.1, 0.15) is 111 Å². The number of unbranched alkanes of at least 4 members (excludes halogenated alkanes) is 11. The van der Waals surface area contributed by atoms with Crippen molar-refractivity contribution in [3.63, 3.8) is 0 Å². The normalized spacial score (nSPS) is 19.7. The minimum absolute atomic E-state index is 0.0304. The molecule has 1 heterocycles. The Hall–Kier alpha value is -0.420. The van der Waals surface area contributed by atoms with E-state index in [9.17, 15) is 0 Å². The van der Waals surface area contributed by atoms with Crippen LogP contribution in [-0.4, -0.2) is 44.4 Å². The van der Waals surface area contributed by atoms with E-state index >= 15 is 0 Å². The second kappa shape index (κ2) is 18.2. The first-order valence-electron chi connectivity index (χ1n) is 12.7. The van der Waals surface area contributed by atoms with Gasteiger partial charge in [-0.2, -0.15) is 0 Å². The summed E-state index contributed by atoms with van der Waals surface area (Å²) < 4.78 is 23.3. The van der Waals surface area contributed by atoms with Gasteiger partial charge in [-0.15, -0.1) is 0 Å². The number of ether oxygens (including phenoxy) is 4. The fraction of sp³-hybridized carbons (Fsp3) is 0.923. The second-order valence-electron chi connectivity index (χ2n) is 9.19. The lowest BCUT2D eigenvalue weighted by Crippen LogP contribution is -2.27. The highest BCUT2D eigenvalue weighted by atomic mass is 16.7. The van der Waals surface area contributed by atoms with Crippen LogP contribution in [0, 0.1) is 0 Å². The highest BCUT2D eigenvalue weighted by molar-refractivity contribution is 4.77. The molecule has 0 aromatic heterocycles. The molecule has 2 unspecified atom stereocenters. The summed E-state index contributed by atoms with van der Waals surface area (Å²) in [6.45, 7) is 10.7. The minimum atomic E-state index is -0.481. The lowest BCUT2D eigenvalue weighted by atomic mass is 10.0. The Labute approximate surface area is 187 Å².